The Kier molecular flexibility index (Phi) is 3.63. The van der Waals surface area contributed by atoms with Crippen LogP contribution < -0.4 is 0 Å². The lowest BCUT2D eigenvalue weighted by molar-refractivity contribution is -0.122. The van der Waals surface area contributed by atoms with Gasteiger partial charge in [0.1, 0.15) is 5.78 Å². The molecule has 0 N–H and O–H groups in total. The Morgan fingerprint density at radius 2 is 2.05 bits per heavy atom. The molecule has 1 aromatic heterocycles. The van der Waals surface area contributed by atoms with E-state index < -0.39 is 0 Å². The van der Waals surface area contributed by atoms with Gasteiger partial charge in [0, 0.05) is 12.8 Å². The monoisotopic (exact) mass is 270 g/mol. The van der Waals surface area contributed by atoms with E-state index in [0.717, 1.165) is 24.8 Å². The van der Waals surface area contributed by atoms with Crippen molar-refractivity contribution >= 4 is 5.78 Å². The molecule has 1 aliphatic carbocycles. The van der Waals surface area contributed by atoms with Gasteiger partial charge in [-0.3, -0.25) is 4.79 Å². The third-order valence-corrected chi connectivity index (χ3v) is 3.82. The topological polar surface area (TPSA) is 56.0 Å². The second-order valence-corrected chi connectivity index (χ2v) is 5.48. The van der Waals surface area contributed by atoms with E-state index in [9.17, 15) is 4.79 Å². The van der Waals surface area contributed by atoms with E-state index in [4.69, 9.17) is 4.52 Å². The first-order valence-corrected chi connectivity index (χ1v) is 7.13. The van der Waals surface area contributed by atoms with Crippen LogP contribution in [0.15, 0.2) is 28.8 Å². The Labute approximate surface area is 118 Å². The molecule has 1 heterocycles. The molecule has 0 spiro atoms. The smallest absolute Gasteiger partial charge is 0.237 e. The summed E-state index contributed by atoms with van der Waals surface area (Å²) < 4.78 is 5.29. The molecule has 104 valence electrons. The zero-order valence-electron chi connectivity index (χ0n) is 11.6. The van der Waals surface area contributed by atoms with Crippen LogP contribution >= 0.6 is 0 Å². The molecule has 4 nitrogen and oxygen atoms in total. The van der Waals surface area contributed by atoms with Crippen LogP contribution in [-0.2, 0) is 11.2 Å². The molecular formula is C16H18N2O2. The molecule has 1 atom stereocenters. The number of carbonyl (C=O) groups is 1. The normalized spacial score (nSPS) is 19.2. The molecule has 3 rings (SSSR count). The van der Waals surface area contributed by atoms with Gasteiger partial charge < -0.3 is 4.52 Å². The summed E-state index contributed by atoms with van der Waals surface area (Å²) in [7, 11) is 0. The average Bonchev–Trinajstić information content (AvgIpc) is 2.90. The first-order chi connectivity index (χ1) is 9.72. The van der Waals surface area contributed by atoms with Crippen LogP contribution in [0.3, 0.4) is 0 Å². The number of hydrogen-bond acceptors (Lipinski definition) is 4. The van der Waals surface area contributed by atoms with Gasteiger partial charge in [0.15, 0.2) is 5.82 Å². The number of Topliss-reactive ketones (excluding diaryl/α,β-unsaturated/α-hetero) is 1. The SMILES string of the molecule is Cc1ccc(Cc2noc(C3CCCCC3=O)n2)cc1. The number of carbonyl (C=O) groups excluding carboxylic acids is 1. The Hall–Kier alpha value is -1.97. The molecule has 2 aromatic rings. The quantitative estimate of drug-likeness (QED) is 0.859. The summed E-state index contributed by atoms with van der Waals surface area (Å²) in [6.07, 6.45) is 4.17. The van der Waals surface area contributed by atoms with Crippen molar-refractivity contribution in [2.45, 2.75) is 44.9 Å². The summed E-state index contributed by atoms with van der Waals surface area (Å²) >= 11 is 0. The highest BCUT2D eigenvalue weighted by Crippen LogP contribution is 2.28. The van der Waals surface area contributed by atoms with Crippen molar-refractivity contribution < 1.29 is 9.32 Å². The highest BCUT2D eigenvalue weighted by molar-refractivity contribution is 5.85. The van der Waals surface area contributed by atoms with Crippen LogP contribution in [0.2, 0.25) is 0 Å². The largest absolute Gasteiger partial charge is 0.339 e. The predicted octanol–water partition coefficient (Wildman–Crippen LogP) is 3.20. The van der Waals surface area contributed by atoms with Crippen molar-refractivity contribution in [1.82, 2.24) is 10.1 Å². The van der Waals surface area contributed by atoms with Gasteiger partial charge in [-0.05, 0) is 25.3 Å². The molecule has 4 heteroatoms. The Morgan fingerprint density at radius 1 is 1.25 bits per heavy atom. The summed E-state index contributed by atoms with van der Waals surface area (Å²) in [5.74, 6) is 1.21. The first-order valence-electron chi connectivity index (χ1n) is 7.13. The van der Waals surface area contributed by atoms with Gasteiger partial charge in [0.25, 0.3) is 0 Å². The number of nitrogens with zero attached hydrogens (tertiary/aromatic N) is 2. The number of benzene rings is 1. The number of aromatic nitrogens is 2. The number of rotatable bonds is 3. The maximum absolute atomic E-state index is 11.9. The van der Waals surface area contributed by atoms with Gasteiger partial charge >= 0.3 is 0 Å². The predicted molar refractivity (Wildman–Crippen MR) is 74.5 cm³/mol. The zero-order chi connectivity index (χ0) is 13.9. The van der Waals surface area contributed by atoms with E-state index in [2.05, 4.69) is 41.3 Å². The van der Waals surface area contributed by atoms with E-state index in [-0.39, 0.29) is 11.7 Å². The van der Waals surface area contributed by atoms with E-state index in [1.165, 1.54) is 5.56 Å². The van der Waals surface area contributed by atoms with E-state index >= 15 is 0 Å². The van der Waals surface area contributed by atoms with Crippen LogP contribution in [0.5, 0.6) is 0 Å². The van der Waals surface area contributed by atoms with Crippen molar-refractivity contribution in [3.63, 3.8) is 0 Å². The summed E-state index contributed by atoms with van der Waals surface area (Å²) in [6, 6.07) is 8.27. The van der Waals surface area contributed by atoms with Gasteiger partial charge in [-0.1, -0.05) is 41.4 Å². The lowest BCUT2D eigenvalue weighted by Gasteiger charge is -2.16. The fourth-order valence-corrected chi connectivity index (χ4v) is 2.61. The maximum Gasteiger partial charge on any atom is 0.237 e. The van der Waals surface area contributed by atoms with E-state index in [1.54, 1.807) is 0 Å². The third-order valence-electron chi connectivity index (χ3n) is 3.82. The van der Waals surface area contributed by atoms with Gasteiger partial charge in [-0.2, -0.15) is 4.98 Å². The number of ketones is 1. The second kappa shape index (κ2) is 5.57. The summed E-state index contributed by atoms with van der Waals surface area (Å²) in [5, 5.41) is 4.01. The lowest BCUT2D eigenvalue weighted by Crippen LogP contribution is -2.17. The Morgan fingerprint density at radius 3 is 2.80 bits per heavy atom. The molecule has 1 aliphatic rings. The van der Waals surface area contributed by atoms with Gasteiger partial charge in [-0.15, -0.1) is 0 Å². The number of hydrogen-bond donors (Lipinski definition) is 0. The lowest BCUT2D eigenvalue weighted by atomic mass is 9.88. The minimum atomic E-state index is -0.178. The highest BCUT2D eigenvalue weighted by atomic mass is 16.5. The van der Waals surface area contributed by atoms with Gasteiger partial charge in [0.05, 0.1) is 5.92 Å². The fourth-order valence-electron chi connectivity index (χ4n) is 2.61. The second-order valence-electron chi connectivity index (χ2n) is 5.48. The zero-order valence-corrected chi connectivity index (χ0v) is 11.6. The molecule has 0 aliphatic heterocycles. The van der Waals surface area contributed by atoms with Crippen molar-refractivity contribution in [1.29, 1.82) is 0 Å². The molecule has 1 unspecified atom stereocenters. The van der Waals surface area contributed by atoms with E-state index in [0.29, 0.717) is 24.6 Å². The molecule has 1 aromatic carbocycles. The minimum absolute atomic E-state index is 0.178. The summed E-state index contributed by atoms with van der Waals surface area (Å²) in [6.45, 7) is 2.06. The molecule has 0 bridgehead atoms. The average molecular weight is 270 g/mol. The molecule has 0 amide bonds. The molecular weight excluding hydrogens is 252 g/mol. The Balaban J connectivity index is 1.73. The standard InChI is InChI=1S/C16H18N2O2/c1-11-6-8-12(9-7-11)10-15-17-16(20-18-15)13-4-2-3-5-14(13)19/h6-9,13H,2-5,10H2,1H3. The maximum atomic E-state index is 11.9. The van der Waals surface area contributed by atoms with Gasteiger partial charge in [0.2, 0.25) is 5.89 Å². The number of aryl methyl sites for hydroxylation is 1. The van der Waals surface area contributed by atoms with Crippen LogP contribution in [0.25, 0.3) is 0 Å². The van der Waals surface area contributed by atoms with Crippen molar-refractivity contribution in [2.24, 2.45) is 0 Å². The molecule has 1 fully saturated rings. The first kappa shape index (κ1) is 13.0. The van der Waals surface area contributed by atoms with Crippen LogP contribution in [0, 0.1) is 6.92 Å². The van der Waals surface area contributed by atoms with Crippen LogP contribution in [0.4, 0.5) is 0 Å². The molecule has 0 radical (unpaired) electrons. The van der Waals surface area contributed by atoms with Crippen molar-refractivity contribution in [3.8, 4) is 0 Å². The van der Waals surface area contributed by atoms with Gasteiger partial charge in [-0.25, -0.2) is 0 Å². The molecule has 1 saturated carbocycles. The van der Waals surface area contributed by atoms with E-state index in [1.807, 2.05) is 0 Å². The minimum Gasteiger partial charge on any atom is -0.339 e. The van der Waals surface area contributed by atoms with Crippen molar-refractivity contribution in [3.05, 3.63) is 47.1 Å². The summed E-state index contributed by atoms with van der Waals surface area (Å²) in [5.41, 5.74) is 2.38. The van der Waals surface area contributed by atoms with Crippen LogP contribution in [-0.4, -0.2) is 15.9 Å². The van der Waals surface area contributed by atoms with Crippen LogP contribution in [0.1, 0.15) is 54.4 Å². The highest BCUT2D eigenvalue weighted by Gasteiger charge is 2.28. The summed E-state index contributed by atoms with van der Waals surface area (Å²) in [4.78, 5) is 16.3. The van der Waals surface area contributed by atoms with Crippen molar-refractivity contribution in [2.75, 3.05) is 0 Å². The Bertz CT molecular complexity index is 601. The molecule has 20 heavy (non-hydrogen) atoms. The fraction of sp³-hybridized carbons (Fsp3) is 0.438. The third kappa shape index (κ3) is 2.79. The molecule has 0 saturated heterocycles.